The van der Waals surface area contributed by atoms with E-state index in [9.17, 15) is 41.3 Å². The molecule has 1 saturated heterocycles. The lowest BCUT2D eigenvalue weighted by Crippen LogP contribution is -2.50. The van der Waals surface area contributed by atoms with Gasteiger partial charge < -0.3 is 19.9 Å². The molecular weight excluding hydrogens is 582 g/mol. The third-order valence-corrected chi connectivity index (χ3v) is 7.57. The first-order valence-corrected chi connectivity index (χ1v) is 13.2. The molecule has 2 fully saturated rings. The highest BCUT2D eigenvalue weighted by Gasteiger charge is 2.39. The molecule has 1 aliphatic heterocycles. The van der Waals surface area contributed by atoms with Crippen molar-refractivity contribution in [2.45, 2.75) is 50.2 Å². The Morgan fingerprint density at radius 2 is 1.59 bits per heavy atom. The standard InChI is InChI=1S/C26H27ClF6N4O4/c27-22-7-4-18(14-20(22)25(28,29)30)35-9-11-36(12-10-35)24(38)15-41-19-5-1-16(2-6-19)34-17-3-8-23(37(39)40)21(13-17)26(31,32)33/h3-4,7-8,13-14,16,19,34H,1-2,5-6,9-12,15H2/t16-,19-. The Hall–Kier alpha value is -3.26. The van der Waals surface area contributed by atoms with E-state index < -0.39 is 34.1 Å². The minimum atomic E-state index is -4.86. The lowest BCUT2D eigenvalue weighted by Gasteiger charge is -2.37. The van der Waals surface area contributed by atoms with Crippen LogP contribution in [0.2, 0.25) is 5.02 Å². The second-order valence-electron chi connectivity index (χ2n) is 9.95. The largest absolute Gasteiger partial charge is 0.423 e. The topological polar surface area (TPSA) is 87.9 Å². The summed E-state index contributed by atoms with van der Waals surface area (Å²) < 4.78 is 85.1. The molecule has 224 valence electrons. The number of nitrogens with zero attached hydrogens (tertiary/aromatic N) is 3. The van der Waals surface area contributed by atoms with E-state index >= 15 is 0 Å². The summed E-state index contributed by atoms with van der Waals surface area (Å²) in [4.78, 5) is 25.9. The van der Waals surface area contributed by atoms with Gasteiger partial charge >= 0.3 is 12.4 Å². The molecule has 1 heterocycles. The number of nitro benzene ring substituents is 1. The van der Waals surface area contributed by atoms with Crippen molar-refractivity contribution in [2.24, 2.45) is 0 Å². The van der Waals surface area contributed by atoms with Crippen molar-refractivity contribution >= 4 is 34.6 Å². The summed E-state index contributed by atoms with van der Waals surface area (Å²) >= 11 is 5.70. The second kappa shape index (κ2) is 12.3. The Morgan fingerprint density at radius 3 is 2.17 bits per heavy atom. The second-order valence-corrected chi connectivity index (χ2v) is 10.4. The molecule has 15 heteroatoms. The highest BCUT2D eigenvalue weighted by molar-refractivity contribution is 6.31. The zero-order chi connectivity index (χ0) is 29.9. The molecule has 0 unspecified atom stereocenters. The average molecular weight is 609 g/mol. The number of nitrogens with one attached hydrogen (secondary N) is 1. The molecule has 2 aromatic carbocycles. The Kier molecular flexibility index (Phi) is 9.22. The molecule has 2 aliphatic rings. The summed E-state index contributed by atoms with van der Waals surface area (Å²) in [5, 5.41) is 13.6. The van der Waals surface area contributed by atoms with E-state index in [0.29, 0.717) is 57.5 Å². The van der Waals surface area contributed by atoms with E-state index in [1.807, 2.05) is 0 Å². The lowest BCUT2D eigenvalue weighted by atomic mass is 9.92. The molecule has 1 saturated carbocycles. The molecule has 8 nitrogen and oxygen atoms in total. The molecule has 1 N–H and O–H groups in total. The fraction of sp³-hybridized carbons (Fsp3) is 0.500. The minimum absolute atomic E-state index is 0.134. The van der Waals surface area contributed by atoms with E-state index in [1.165, 1.54) is 18.2 Å². The molecule has 0 spiro atoms. The van der Waals surface area contributed by atoms with Crippen LogP contribution in [0.15, 0.2) is 36.4 Å². The number of carbonyl (C=O) groups excluding carboxylic acids is 1. The number of ether oxygens (including phenoxy) is 1. The fourth-order valence-corrected chi connectivity index (χ4v) is 5.27. The van der Waals surface area contributed by atoms with Crippen LogP contribution in [0.3, 0.4) is 0 Å². The van der Waals surface area contributed by atoms with Crippen molar-refractivity contribution in [3.05, 3.63) is 62.7 Å². The molecule has 0 bridgehead atoms. The smallest absolute Gasteiger partial charge is 0.382 e. The Labute approximate surface area is 236 Å². The number of amides is 1. The van der Waals surface area contributed by atoms with Crippen molar-refractivity contribution in [1.82, 2.24) is 4.90 Å². The number of rotatable bonds is 7. The Balaban J connectivity index is 1.21. The maximum Gasteiger partial charge on any atom is 0.423 e. The highest BCUT2D eigenvalue weighted by Crippen LogP contribution is 2.39. The molecule has 1 aliphatic carbocycles. The molecule has 41 heavy (non-hydrogen) atoms. The molecule has 0 aromatic heterocycles. The Morgan fingerprint density at radius 1 is 0.951 bits per heavy atom. The average Bonchev–Trinajstić information content (AvgIpc) is 2.91. The predicted molar refractivity (Wildman–Crippen MR) is 139 cm³/mol. The number of hydrogen-bond acceptors (Lipinski definition) is 6. The van der Waals surface area contributed by atoms with Gasteiger partial charge in [-0.05, 0) is 56.0 Å². The van der Waals surface area contributed by atoms with Gasteiger partial charge in [-0.3, -0.25) is 14.9 Å². The maximum atomic E-state index is 13.2. The van der Waals surface area contributed by atoms with Crippen molar-refractivity contribution in [2.75, 3.05) is 43.0 Å². The van der Waals surface area contributed by atoms with Crippen LogP contribution in [-0.2, 0) is 21.9 Å². The summed E-state index contributed by atoms with van der Waals surface area (Å²) in [5.74, 6) is -0.234. The van der Waals surface area contributed by atoms with Gasteiger partial charge in [0.05, 0.1) is 21.6 Å². The number of hydrogen-bond donors (Lipinski definition) is 1. The molecule has 0 atom stereocenters. The van der Waals surface area contributed by atoms with E-state index in [1.54, 1.807) is 9.80 Å². The molecular formula is C26H27ClF6N4O4. The third-order valence-electron chi connectivity index (χ3n) is 7.24. The first kappa shape index (κ1) is 30.7. The van der Waals surface area contributed by atoms with Gasteiger partial charge in [-0.15, -0.1) is 0 Å². The Bertz CT molecular complexity index is 1260. The monoisotopic (exact) mass is 608 g/mol. The number of piperazine rings is 1. The fourth-order valence-electron chi connectivity index (χ4n) is 5.04. The van der Waals surface area contributed by atoms with Crippen molar-refractivity contribution in [1.29, 1.82) is 0 Å². The third kappa shape index (κ3) is 7.73. The van der Waals surface area contributed by atoms with Gasteiger partial charge in [0, 0.05) is 49.7 Å². The number of halogens is 7. The van der Waals surface area contributed by atoms with Crippen LogP contribution in [0.5, 0.6) is 0 Å². The van der Waals surface area contributed by atoms with E-state index in [2.05, 4.69) is 5.32 Å². The van der Waals surface area contributed by atoms with Crippen LogP contribution in [-0.4, -0.2) is 60.7 Å². The van der Waals surface area contributed by atoms with Gasteiger partial charge in [-0.25, -0.2) is 0 Å². The summed E-state index contributed by atoms with van der Waals surface area (Å²) in [5.41, 5.74) is -2.73. The van der Waals surface area contributed by atoms with Crippen LogP contribution in [0.1, 0.15) is 36.8 Å². The van der Waals surface area contributed by atoms with Crippen LogP contribution >= 0.6 is 11.6 Å². The van der Waals surface area contributed by atoms with Crippen LogP contribution in [0.25, 0.3) is 0 Å². The normalized spacial score (nSPS) is 20.2. The molecule has 0 radical (unpaired) electrons. The maximum absolute atomic E-state index is 13.2. The first-order valence-electron chi connectivity index (χ1n) is 12.9. The summed E-state index contributed by atoms with van der Waals surface area (Å²) in [6.45, 7) is 1.18. The van der Waals surface area contributed by atoms with Crippen LogP contribution in [0.4, 0.5) is 43.4 Å². The van der Waals surface area contributed by atoms with Gasteiger partial charge in [0.1, 0.15) is 12.2 Å². The summed E-state index contributed by atoms with van der Waals surface area (Å²) in [6, 6.07) is 6.39. The number of anilines is 2. The van der Waals surface area contributed by atoms with E-state index in [-0.39, 0.29) is 35.4 Å². The summed E-state index contributed by atoms with van der Waals surface area (Å²) in [6.07, 6.45) is -7.38. The van der Waals surface area contributed by atoms with E-state index in [0.717, 1.165) is 18.2 Å². The zero-order valence-corrected chi connectivity index (χ0v) is 22.4. The van der Waals surface area contributed by atoms with Gasteiger partial charge in [-0.1, -0.05) is 11.6 Å². The summed E-state index contributed by atoms with van der Waals surface area (Å²) in [7, 11) is 0. The first-order chi connectivity index (χ1) is 19.2. The zero-order valence-electron chi connectivity index (χ0n) is 21.6. The van der Waals surface area contributed by atoms with Gasteiger partial charge in [0.15, 0.2) is 0 Å². The van der Waals surface area contributed by atoms with Gasteiger partial charge in [0.25, 0.3) is 5.69 Å². The van der Waals surface area contributed by atoms with E-state index in [4.69, 9.17) is 16.3 Å². The SMILES string of the molecule is O=C(CO[C@H]1CC[C@H](Nc2ccc([N+](=O)[O-])c(C(F)(F)F)c2)CC1)N1CCN(c2ccc(Cl)c(C(F)(F)F)c2)CC1. The van der Waals surface area contributed by atoms with Crippen molar-refractivity contribution < 1.29 is 40.8 Å². The van der Waals surface area contributed by atoms with Gasteiger partial charge in [0.2, 0.25) is 5.91 Å². The minimum Gasteiger partial charge on any atom is -0.382 e. The molecule has 1 amide bonds. The number of benzene rings is 2. The highest BCUT2D eigenvalue weighted by atomic mass is 35.5. The lowest BCUT2D eigenvalue weighted by molar-refractivity contribution is -0.388. The molecule has 2 aromatic rings. The van der Waals surface area contributed by atoms with Crippen molar-refractivity contribution in [3.63, 3.8) is 0 Å². The van der Waals surface area contributed by atoms with Crippen LogP contribution in [0, 0.1) is 10.1 Å². The number of nitro groups is 1. The number of alkyl halides is 6. The predicted octanol–water partition coefficient (Wildman–Crippen LogP) is 6.37. The van der Waals surface area contributed by atoms with Gasteiger partial charge in [-0.2, -0.15) is 26.3 Å². The van der Waals surface area contributed by atoms with Crippen LogP contribution < -0.4 is 10.2 Å². The quantitative estimate of drug-likeness (QED) is 0.223. The molecule has 4 rings (SSSR count). The number of carbonyl (C=O) groups is 1. The van der Waals surface area contributed by atoms with Crippen molar-refractivity contribution in [3.8, 4) is 0 Å².